The maximum absolute atomic E-state index is 12.5. The summed E-state index contributed by atoms with van der Waals surface area (Å²) in [5.41, 5.74) is 4.23. The first kappa shape index (κ1) is 15.0. The Hall–Kier alpha value is -1.87. The van der Waals surface area contributed by atoms with E-state index < -0.39 is 0 Å². The van der Waals surface area contributed by atoms with Gasteiger partial charge in [-0.15, -0.1) is 0 Å². The monoisotopic (exact) mass is 355 g/mol. The molecule has 0 unspecified atom stereocenters. The zero-order valence-corrected chi connectivity index (χ0v) is 13.9. The molecule has 3 rings (SSSR count). The van der Waals surface area contributed by atoms with Crippen molar-refractivity contribution in [2.45, 2.75) is 25.7 Å². The van der Waals surface area contributed by atoms with Crippen molar-refractivity contribution in [2.75, 3.05) is 0 Å². The Kier molecular flexibility index (Phi) is 4.74. The number of amides is 1. The Morgan fingerprint density at radius 3 is 2.36 bits per heavy atom. The molecule has 0 aromatic heterocycles. The molecule has 0 saturated carbocycles. The molecule has 2 nitrogen and oxygen atoms in total. The van der Waals surface area contributed by atoms with Crippen LogP contribution in [0.2, 0.25) is 0 Å². The normalized spacial score (nSPS) is 14.8. The van der Waals surface area contributed by atoms with Crippen molar-refractivity contribution in [1.29, 1.82) is 0 Å². The lowest BCUT2D eigenvalue weighted by Gasteiger charge is -2.21. The molecule has 0 aliphatic heterocycles. The fourth-order valence-electron chi connectivity index (χ4n) is 2.85. The fourth-order valence-corrected chi connectivity index (χ4v) is 3.32. The highest BCUT2D eigenvalue weighted by Gasteiger charge is 2.18. The van der Waals surface area contributed by atoms with Crippen LogP contribution in [0.15, 0.2) is 64.8 Å². The highest BCUT2D eigenvalue weighted by Crippen LogP contribution is 2.31. The molecule has 2 aromatic rings. The van der Waals surface area contributed by atoms with Crippen molar-refractivity contribution in [2.24, 2.45) is 0 Å². The number of carbonyl (C=O) groups is 1. The predicted octanol–water partition coefficient (Wildman–Crippen LogP) is 5.16. The highest BCUT2D eigenvalue weighted by molar-refractivity contribution is 9.10. The van der Waals surface area contributed by atoms with E-state index in [9.17, 15) is 4.79 Å². The van der Waals surface area contributed by atoms with Crippen LogP contribution in [-0.4, -0.2) is 5.91 Å². The molecule has 0 fully saturated rings. The van der Waals surface area contributed by atoms with Crippen molar-refractivity contribution < 1.29 is 4.79 Å². The summed E-state index contributed by atoms with van der Waals surface area (Å²) in [6.45, 7) is 0. The van der Waals surface area contributed by atoms with E-state index in [-0.39, 0.29) is 5.91 Å². The van der Waals surface area contributed by atoms with Crippen LogP contribution in [0.3, 0.4) is 0 Å². The third-order valence-electron chi connectivity index (χ3n) is 3.97. The van der Waals surface area contributed by atoms with Gasteiger partial charge in [0, 0.05) is 10.2 Å². The van der Waals surface area contributed by atoms with Gasteiger partial charge in [-0.25, -0.2) is 0 Å². The number of benzene rings is 2. The second kappa shape index (κ2) is 6.93. The van der Waals surface area contributed by atoms with Gasteiger partial charge in [-0.3, -0.25) is 4.79 Å². The van der Waals surface area contributed by atoms with Crippen molar-refractivity contribution in [3.63, 3.8) is 0 Å². The topological polar surface area (TPSA) is 29.1 Å². The zero-order chi connectivity index (χ0) is 15.4. The quantitative estimate of drug-likeness (QED) is 0.808. The number of allylic oxidation sites excluding steroid dienone is 2. The van der Waals surface area contributed by atoms with E-state index in [4.69, 9.17) is 0 Å². The van der Waals surface area contributed by atoms with Crippen LogP contribution in [0.25, 0.3) is 5.57 Å². The van der Waals surface area contributed by atoms with Gasteiger partial charge in [0.2, 0.25) is 0 Å². The van der Waals surface area contributed by atoms with E-state index in [1.807, 2.05) is 42.5 Å². The van der Waals surface area contributed by atoms with Gasteiger partial charge in [0.1, 0.15) is 0 Å². The molecule has 0 saturated heterocycles. The summed E-state index contributed by atoms with van der Waals surface area (Å²) in [7, 11) is 0. The zero-order valence-electron chi connectivity index (χ0n) is 12.3. The molecule has 1 amide bonds. The van der Waals surface area contributed by atoms with Crippen molar-refractivity contribution in [1.82, 2.24) is 5.32 Å². The summed E-state index contributed by atoms with van der Waals surface area (Å²) >= 11 is 3.44. The third kappa shape index (κ3) is 3.30. The van der Waals surface area contributed by atoms with E-state index in [2.05, 4.69) is 33.4 Å². The highest BCUT2D eigenvalue weighted by atomic mass is 79.9. The lowest BCUT2D eigenvalue weighted by atomic mass is 9.91. The van der Waals surface area contributed by atoms with Gasteiger partial charge in [0.25, 0.3) is 5.91 Å². The van der Waals surface area contributed by atoms with Crippen molar-refractivity contribution in [3.05, 3.63) is 75.9 Å². The Morgan fingerprint density at radius 2 is 1.59 bits per heavy atom. The number of hydrogen-bond acceptors (Lipinski definition) is 1. The summed E-state index contributed by atoms with van der Waals surface area (Å²) in [5.74, 6) is -0.0437. The maximum atomic E-state index is 12.5. The van der Waals surface area contributed by atoms with Crippen molar-refractivity contribution in [3.8, 4) is 0 Å². The fraction of sp³-hybridized carbons (Fsp3) is 0.211. The molecular formula is C19H18BrNO. The average molecular weight is 356 g/mol. The van der Waals surface area contributed by atoms with E-state index in [1.165, 1.54) is 17.6 Å². The molecule has 1 aliphatic carbocycles. The number of nitrogens with one attached hydrogen (secondary N) is 1. The standard InChI is InChI=1S/C19H18BrNO/c20-17-12-6-4-11-16(17)19(22)21-18-13-7-5-10-15(18)14-8-2-1-3-9-14/h1-4,6,8-9,11-12H,5,7,10,13H2,(H,21,22). The lowest BCUT2D eigenvalue weighted by molar-refractivity contribution is 0.0963. The minimum absolute atomic E-state index is 0.0437. The van der Waals surface area contributed by atoms with E-state index in [0.29, 0.717) is 5.56 Å². The Labute approximate surface area is 139 Å². The number of hydrogen-bond donors (Lipinski definition) is 1. The molecule has 22 heavy (non-hydrogen) atoms. The van der Waals surface area contributed by atoms with E-state index in [0.717, 1.165) is 29.4 Å². The minimum atomic E-state index is -0.0437. The lowest BCUT2D eigenvalue weighted by Crippen LogP contribution is -2.25. The van der Waals surface area contributed by atoms with Crippen LogP contribution in [0.1, 0.15) is 41.6 Å². The summed E-state index contributed by atoms with van der Waals surface area (Å²) in [6, 6.07) is 17.9. The van der Waals surface area contributed by atoms with Crippen LogP contribution in [0.5, 0.6) is 0 Å². The molecule has 0 bridgehead atoms. The summed E-state index contributed by atoms with van der Waals surface area (Å²) in [6.07, 6.45) is 4.26. The maximum Gasteiger partial charge on any atom is 0.256 e. The van der Waals surface area contributed by atoms with Gasteiger partial charge >= 0.3 is 0 Å². The third-order valence-corrected chi connectivity index (χ3v) is 4.66. The van der Waals surface area contributed by atoms with Crippen molar-refractivity contribution >= 4 is 27.4 Å². The molecule has 2 aromatic carbocycles. The van der Waals surface area contributed by atoms with Gasteiger partial charge < -0.3 is 5.32 Å². The van der Waals surface area contributed by atoms with Crippen LogP contribution >= 0.6 is 15.9 Å². The molecule has 0 spiro atoms. The first-order valence-corrected chi connectivity index (χ1v) is 8.38. The summed E-state index contributed by atoms with van der Waals surface area (Å²) in [5, 5.41) is 3.14. The molecule has 0 atom stereocenters. The number of rotatable bonds is 3. The van der Waals surface area contributed by atoms with Crippen LogP contribution in [0.4, 0.5) is 0 Å². The SMILES string of the molecule is O=C(NC1=C(c2ccccc2)CCCC1)c1ccccc1Br. The second-order valence-electron chi connectivity index (χ2n) is 5.46. The number of halogens is 1. The van der Waals surface area contributed by atoms with Crippen LogP contribution in [0, 0.1) is 0 Å². The number of carbonyl (C=O) groups excluding carboxylic acids is 1. The summed E-state index contributed by atoms with van der Waals surface area (Å²) in [4.78, 5) is 12.5. The molecule has 1 aliphatic rings. The average Bonchev–Trinajstić information content (AvgIpc) is 2.56. The minimum Gasteiger partial charge on any atom is -0.325 e. The van der Waals surface area contributed by atoms with Gasteiger partial charge in [-0.1, -0.05) is 42.5 Å². The predicted molar refractivity (Wildman–Crippen MR) is 93.4 cm³/mol. The Balaban J connectivity index is 1.90. The van der Waals surface area contributed by atoms with Crippen LogP contribution < -0.4 is 5.32 Å². The van der Waals surface area contributed by atoms with E-state index in [1.54, 1.807) is 0 Å². The largest absolute Gasteiger partial charge is 0.325 e. The molecule has 1 N–H and O–H groups in total. The molecule has 0 radical (unpaired) electrons. The van der Waals surface area contributed by atoms with Crippen LogP contribution in [-0.2, 0) is 0 Å². The van der Waals surface area contributed by atoms with Gasteiger partial charge in [0.15, 0.2) is 0 Å². The second-order valence-corrected chi connectivity index (χ2v) is 6.32. The first-order valence-electron chi connectivity index (χ1n) is 7.59. The van der Waals surface area contributed by atoms with Gasteiger partial charge in [0.05, 0.1) is 5.56 Å². The molecule has 112 valence electrons. The summed E-state index contributed by atoms with van der Waals surface area (Å²) < 4.78 is 0.824. The Morgan fingerprint density at radius 1 is 0.909 bits per heavy atom. The first-order chi connectivity index (χ1) is 10.8. The van der Waals surface area contributed by atoms with Gasteiger partial charge in [-0.05, 0) is 64.9 Å². The van der Waals surface area contributed by atoms with E-state index >= 15 is 0 Å². The van der Waals surface area contributed by atoms with Gasteiger partial charge in [-0.2, -0.15) is 0 Å². The Bertz CT molecular complexity index is 706. The molecule has 0 heterocycles. The smallest absolute Gasteiger partial charge is 0.256 e. The molecule has 3 heteroatoms. The molecular weight excluding hydrogens is 338 g/mol.